The van der Waals surface area contributed by atoms with E-state index in [1.54, 1.807) is 62.6 Å². The molecule has 0 bridgehead atoms. The summed E-state index contributed by atoms with van der Waals surface area (Å²) in [5.41, 5.74) is 4.02. The molecule has 0 aromatic heterocycles. The van der Waals surface area contributed by atoms with Crippen molar-refractivity contribution >= 4 is 33.8 Å². The molecule has 166 valence electrons. The highest BCUT2D eigenvalue weighted by molar-refractivity contribution is 7.87. The lowest BCUT2D eigenvalue weighted by Gasteiger charge is -2.11. The molecule has 0 atom stereocenters. The van der Waals surface area contributed by atoms with Gasteiger partial charge in [0, 0.05) is 10.6 Å². The Labute approximate surface area is 191 Å². The van der Waals surface area contributed by atoms with Gasteiger partial charge in [0.25, 0.3) is 0 Å². The predicted octanol–water partition coefficient (Wildman–Crippen LogP) is 4.12. The number of methoxy groups -OCH3 is 1. The number of carbonyl (C=O) groups is 1. The summed E-state index contributed by atoms with van der Waals surface area (Å²) in [6.45, 7) is 1.73. The Morgan fingerprint density at radius 1 is 1.06 bits per heavy atom. The number of amides is 1. The van der Waals surface area contributed by atoms with E-state index in [4.69, 9.17) is 20.5 Å². The van der Waals surface area contributed by atoms with E-state index in [9.17, 15) is 13.2 Å². The van der Waals surface area contributed by atoms with Crippen LogP contribution in [0.2, 0.25) is 5.02 Å². The Morgan fingerprint density at radius 3 is 2.50 bits per heavy atom. The second-order valence-electron chi connectivity index (χ2n) is 6.81. The van der Waals surface area contributed by atoms with E-state index in [-0.39, 0.29) is 33.6 Å². The minimum atomic E-state index is -4.19. The van der Waals surface area contributed by atoms with Crippen molar-refractivity contribution in [3.8, 4) is 11.5 Å². The molecule has 0 fully saturated rings. The maximum Gasteiger partial charge on any atom is 0.339 e. The van der Waals surface area contributed by atoms with Crippen LogP contribution in [0, 0.1) is 6.92 Å². The SMILES string of the molecule is COc1cccc(CC(=O)N/N=C/c2cc(C)c(Cl)cc2S(=O)(=O)Oc2ccccc2)c1. The Bertz CT molecular complexity index is 1240. The number of ether oxygens (including phenoxy) is 1. The van der Waals surface area contributed by atoms with Crippen LogP contribution >= 0.6 is 11.6 Å². The normalized spacial score (nSPS) is 11.3. The maximum atomic E-state index is 12.8. The fourth-order valence-electron chi connectivity index (χ4n) is 2.83. The molecule has 3 rings (SSSR count). The van der Waals surface area contributed by atoms with Crippen LogP contribution in [-0.4, -0.2) is 27.6 Å². The van der Waals surface area contributed by atoms with Gasteiger partial charge in [-0.3, -0.25) is 4.79 Å². The third-order valence-corrected chi connectivity index (χ3v) is 6.11. The lowest BCUT2D eigenvalue weighted by Crippen LogP contribution is -2.20. The molecule has 0 heterocycles. The van der Waals surface area contributed by atoms with Gasteiger partial charge in [0.1, 0.15) is 16.4 Å². The van der Waals surface area contributed by atoms with E-state index in [0.717, 1.165) is 5.56 Å². The molecular weight excluding hydrogens is 452 g/mol. The molecule has 0 unspecified atom stereocenters. The molecule has 0 radical (unpaired) electrons. The van der Waals surface area contributed by atoms with E-state index >= 15 is 0 Å². The molecule has 0 saturated heterocycles. The molecule has 32 heavy (non-hydrogen) atoms. The summed E-state index contributed by atoms with van der Waals surface area (Å²) in [5.74, 6) is 0.438. The van der Waals surface area contributed by atoms with Crippen molar-refractivity contribution in [2.24, 2.45) is 5.10 Å². The smallest absolute Gasteiger partial charge is 0.339 e. The van der Waals surface area contributed by atoms with Gasteiger partial charge in [-0.1, -0.05) is 41.9 Å². The molecule has 0 aliphatic carbocycles. The lowest BCUT2D eigenvalue weighted by atomic mass is 10.1. The summed E-state index contributed by atoms with van der Waals surface area (Å²) in [5, 5.41) is 4.18. The fraction of sp³-hybridized carbons (Fsp3) is 0.130. The molecule has 0 saturated carbocycles. The van der Waals surface area contributed by atoms with Gasteiger partial charge in [0.05, 0.1) is 19.7 Å². The van der Waals surface area contributed by atoms with Crippen molar-refractivity contribution in [1.82, 2.24) is 5.43 Å². The number of aryl methyl sites for hydroxylation is 1. The molecule has 0 spiro atoms. The van der Waals surface area contributed by atoms with Crippen molar-refractivity contribution in [2.75, 3.05) is 7.11 Å². The molecule has 3 aromatic carbocycles. The number of hydrazone groups is 1. The second-order valence-corrected chi connectivity index (χ2v) is 8.73. The van der Waals surface area contributed by atoms with Crippen LogP contribution in [0.3, 0.4) is 0 Å². The summed E-state index contributed by atoms with van der Waals surface area (Å²) in [6, 6.07) is 18.1. The van der Waals surface area contributed by atoms with Gasteiger partial charge in [-0.25, -0.2) is 5.43 Å². The molecular formula is C23H21ClN2O5S. The molecule has 7 nitrogen and oxygen atoms in total. The first-order chi connectivity index (χ1) is 15.3. The lowest BCUT2D eigenvalue weighted by molar-refractivity contribution is -0.120. The zero-order chi connectivity index (χ0) is 23.1. The van der Waals surface area contributed by atoms with Crippen molar-refractivity contribution in [2.45, 2.75) is 18.2 Å². The van der Waals surface area contributed by atoms with Gasteiger partial charge < -0.3 is 8.92 Å². The standard InChI is InChI=1S/C23H21ClN2O5S/c1-16-11-18(15-25-26-23(27)13-17-7-6-10-20(12-17)30-2)22(14-21(16)24)32(28,29)31-19-8-4-3-5-9-19/h3-12,14-15H,13H2,1-2H3,(H,26,27)/b25-15+. The third kappa shape index (κ3) is 6.09. The fourth-order valence-corrected chi connectivity index (χ4v) is 4.18. The zero-order valence-corrected chi connectivity index (χ0v) is 19.0. The largest absolute Gasteiger partial charge is 0.497 e. The quantitative estimate of drug-likeness (QED) is 0.302. The summed E-state index contributed by atoms with van der Waals surface area (Å²) in [4.78, 5) is 12.1. The summed E-state index contributed by atoms with van der Waals surface area (Å²) in [7, 11) is -2.65. The van der Waals surface area contributed by atoms with Crippen LogP contribution in [0.25, 0.3) is 0 Å². The van der Waals surface area contributed by atoms with E-state index in [1.807, 2.05) is 0 Å². The Kier molecular flexibility index (Phi) is 7.50. The van der Waals surface area contributed by atoms with Crippen molar-refractivity contribution in [1.29, 1.82) is 0 Å². The van der Waals surface area contributed by atoms with Gasteiger partial charge in [-0.15, -0.1) is 0 Å². The number of hydrogen-bond acceptors (Lipinski definition) is 6. The minimum absolute atomic E-state index is 0.0798. The monoisotopic (exact) mass is 472 g/mol. The van der Waals surface area contributed by atoms with Gasteiger partial charge in [-0.05, 0) is 54.4 Å². The number of nitrogens with one attached hydrogen (secondary N) is 1. The number of para-hydroxylation sites is 1. The molecule has 3 aromatic rings. The highest BCUT2D eigenvalue weighted by Crippen LogP contribution is 2.26. The van der Waals surface area contributed by atoms with Crippen LogP contribution in [0.5, 0.6) is 11.5 Å². The third-order valence-electron chi connectivity index (χ3n) is 4.40. The van der Waals surface area contributed by atoms with E-state index in [2.05, 4.69) is 10.5 Å². The zero-order valence-electron chi connectivity index (χ0n) is 17.4. The van der Waals surface area contributed by atoms with Crippen molar-refractivity contribution < 1.29 is 22.1 Å². The van der Waals surface area contributed by atoms with Gasteiger partial charge >= 0.3 is 10.1 Å². The number of nitrogens with zero attached hydrogens (tertiary/aromatic N) is 1. The Balaban J connectivity index is 1.79. The van der Waals surface area contributed by atoms with E-state index in [1.165, 1.54) is 24.4 Å². The number of rotatable bonds is 8. The van der Waals surface area contributed by atoms with Crippen LogP contribution in [-0.2, 0) is 21.3 Å². The first-order valence-corrected chi connectivity index (χ1v) is 11.3. The Morgan fingerprint density at radius 2 is 1.78 bits per heavy atom. The summed E-state index contributed by atoms with van der Waals surface area (Å²) in [6.07, 6.45) is 1.32. The first kappa shape index (κ1) is 23.3. The van der Waals surface area contributed by atoms with Crippen LogP contribution in [0.1, 0.15) is 16.7 Å². The Hall–Kier alpha value is -3.36. The molecule has 9 heteroatoms. The van der Waals surface area contributed by atoms with E-state index < -0.39 is 10.1 Å². The summed E-state index contributed by atoms with van der Waals surface area (Å²) < 4.78 is 36.0. The summed E-state index contributed by atoms with van der Waals surface area (Å²) >= 11 is 6.15. The van der Waals surface area contributed by atoms with Crippen molar-refractivity contribution in [3.05, 3.63) is 88.4 Å². The topological polar surface area (TPSA) is 94.1 Å². The minimum Gasteiger partial charge on any atom is -0.497 e. The first-order valence-electron chi connectivity index (χ1n) is 9.53. The number of halogens is 1. The average molecular weight is 473 g/mol. The van der Waals surface area contributed by atoms with Crippen LogP contribution in [0.15, 0.2) is 76.7 Å². The van der Waals surface area contributed by atoms with Gasteiger partial charge in [0.15, 0.2) is 0 Å². The van der Waals surface area contributed by atoms with Crippen LogP contribution in [0.4, 0.5) is 0 Å². The number of benzene rings is 3. The maximum absolute atomic E-state index is 12.8. The van der Waals surface area contributed by atoms with Crippen molar-refractivity contribution in [3.63, 3.8) is 0 Å². The van der Waals surface area contributed by atoms with Crippen LogP contribution < -0.4 is 14.3 Å². The molecule has 0 aliphatic rings. The highest BCUT2D eigenvalue weighted by Gasteiger charge is 2.22. The highest BCUT2D eigenvalue weighted by atomic mass is 35.5. The van der Waals surface area contributed by atoms with E-state index in [0.29, 0.717) is 11.3 Å². The van der Waals surface area contributed by atoms with Gasteiger partial charge in [-0.2, -0.15) is 13.5 Å². The van der Waals surface area contributed by atoms with Gasteiger partial charge in [0.2, 0.25) is 5.91 Å². The molecule has 1 N–H and O–H groups in total. The molecule has 0 aliphatic heterocycles. The number of carbonyl (C=O) groups excluding carboxylic acids is 1. The predicted molar refractivity (Wildman–Crippen MR) is 123 cm³/mol. The average Bonchev–Trinajstić information content (AvgIpc) is 2.76. The molecule has 1 amide bonds. The number of hydrogen-bond donors (Lipinski definition) is 1. The second kappa shape index (κ2) is 10.3.